The van der Waals surface area contributed by atoms with Crippen molar-refractivity contribution in [2.75, 3.05) is 23.0 Å². The Morgan fingerprint density at radius 2 is 2.06 bits per heavy atom. The third kappa shape index (κ3) is 2.47. The fourth-order valence-electron chi connectivity index (χ4n) is 1.98. The Bertz CT molecular complexity index is 442. The maximum Gasteiger partial charge on any atom is 0.334 e. The Morgan fingerprint density at radius 1 is 1.35 bits per heavy atom. The van der Waals surface area contributed by atoms with Crippen molar-refractivity contribution in [1.82, 2.24) is 0 Å². The maximum atomic E-state index is 11.2. The summed E-state index contributed by atoms with van der Waals surface area (Å²) in [5.41, 5.74) is 2.54. The second kappa shape index (κ2) is 5.27. The van der Waals surface area contributed by atoms with E-state index in [1.54, 1.807) is 11.8 Å². The van der Waals surface area contributed by atoms with Crippen LogP contribution in [0.4, 0.5) is 5.69 Å². The van der Waals surface area contributed by atoms with Gasteiger partial charge in [0.1, 0.15) is 0 Å². The first-order chi connectivity index (χ1) is 8.24. The first-order valence-electron chi connectivity index (χ1n) is 5.59. The summed E-state index contributed by atoms with van der Waals surface area (Å²) in [6.45, 7) is 2.83. The minimum absolute atomic E-state index is 0.542. The summed E-state index contributed by atoms with van der Waals surface area (Å²) in [4.78, 5) is 13.3. The molecule has 0 radical (unpaired) electrons. The van der Waals surface area contributed by atoms with E-state index in [-0.39, 0.29) is 0 Å². The largest absolute Gasteiger partial charge is 0.478 e. The molecule has 1 aromatic rings. The molecule has 17 heavy (non-hydrogen) atoms. The molecule has 0 bridgehead atoms. The standard InChI is InChI=1S/C13H15NO2S/c1-2-14(10-6-4-3-5-7-10)12-9-17-8-11(12)13(15)16/h3-7H,2,8-9H2,1H3,(H,15,16). The molecule has 0 spiro atoms. The Labute approximate surface area is 105 Å². The van der Waals surface area contributed by atoms with Gasteiger partial charge in [-0.25, -0.2) is 4.79 Å². The molecule has 0 unspecified atom stereocenters. The van der Waals surface area contributed by atoms with Gasteiger partial charge in [0.15, 0.2) is 0 Å². The lowest BCUT2D eigenvalue weighted by atomic mass is 10.2. The van der Waals surface area contributed by atoms with Crippen LogP contribution < -0.4 is 4.90 Å². The van der Waals surface area contributed by atoms with Crippen molar-refractivity contribution in [2.24, 2.45) is 0 Å². The topological polar surface area (TPSA) is 40.5 Å². The number of hydrogen-bond donors (Lipinski definition) is 1. The van der Waals surface area contributed by atoms with Crippen LogP contribution in [-0.4, -0.2) is 29.1 Å². The van der Waals surface area contributed by atoms with Gasteiger partial charge >= 0.3 is 5.97 Å². The van der Waals surface area contributed by atoms with Crippen LogP contribution in [0.5, 0.6) is 0 Å². The highest BCUT2D eigenvalue weighted by molar-refractivity contribution is 8.00. The molecule has 0 amide bonds. The van der Waals surface area contributed by atoms with Crippen molar-refractivity contribution in [2.45, 2.75) is 6.92 Å². The van der Waals surface area contributed by atoms with Crippen LogP contribution in [0.1, 0.15) is 6.92 Å². The van der Waals surface area contributed by atoms with E-state index in [1.165, 1.54) is 0 Å². The monoisotopic (exact) mass is 249 g/mol. The molecule has 0 atom stereocenters. The minimum Gasteiger partial charge on any atom is -0.478 e. The number of aliphatic carboxylic acids is 1. The van der Waals surface area contributed by atoms with Gasteiger partial charge in [-0.1, -0.05) is 18.2 Å². The Hall–Kier alpha value is -1.42. The SMILES string of the molecule is CCN(C1=C(C(=O)O)CSC1)c1ccccc1. The zero-order valence-corrected chi connectivity index (χ0v) is 10.5. The molecule has 90 valence electrons. The van der Waals surface area contributed by atoms with Gasteiger partial charge in [-0.3, -0.25) is 0 Å². The predicted molar refractivity (Wildman–Crippen MR) is 71.4 cm³/mol. The minimum atomic E-state index is -0.792. The summed E-state index contributed by atoms with van der Waals surface area (Å²) in [7, 11) is 0. The highest BCUT2D eigenvalue weighted by Crippen LogP contribution is 2.30. The van der Waals surface area contributed by atoms with E-state index in [0.29, 0.717) is 11.3 Å². The van der Waals surface area contributed by atoms with Gasteiger partial charge in [-0.2, -0.15) is 11.8 Å². The van der Waals surface area contributed by atoms with Gasteiger partial charge < -0.3 is 10.0 Å². The maximum absolute atomic E-state index is 11.2. The van der Waals surface area contributed by atoms with Gasteiger partial charge in [-0.05, 0) is 19.1 Å². The van der Waals surface area contributed by atoms with Gasteiger partial charge in [0, 0.05) is 29.4 Å². The number of thioether (sulfide) groups is 1. The molecule has 0 aromatic heterocycles. The molecule has 0 saturated carbocycles. The van der Waals surface area contributed by atoms with Crippen LogP contribution in [0, 0.1) is 0 Å². The molecule has 3 nitrogen and oxygen atoms in total. The van der Waals surface area contributed by atoms with E-state index < -0.39 is 5.97 Å². The molecule has 4 heteroatoms. The number of carbonyl (C=O) groups is 1. The molecule has 1 aromatic carbocycles. The molecule has 0 aliphatic carbocycles. The first-order valence-corrected chi connectivity index (χ1v) is 6.75. The normalized spacial score (nSPS) is 15.1. The van der Waals surface area contributed by atoms with Crippen LogP contribution in [0.15, 0.2) is 41.6 Å². The number of nitrogens with zero attached hydrogens (tertiary/aromatic N) is 1. The molecule has 1 aliphatic heterocycles. The van der Waals surface area contributed by atoms with Crippen LogP contribution in [0.3, 0.4) is 0 Å². The number of hydrogen-bond acceptors (Lipinski definition) is 3. The van der Waals surface area contributed by atoms with E-state index in [9.17, 15) is 9.90 Å². The van der Waals surface area contributed by atoms with Crippen LogP contribution >= 0.6 is 11.8 Å². The first kappa shape index (κ1) is 12.0. The van der Waals surface area contributed by atoms with Crippen molar-refractivity contribution >= 4 is 23.4 Å². The molecule has 1 N–H and O–H groups in total. The zero-order chi connectivity index (χ0) is 12.3. The van der Waals surface area contributed by atoms with E-state index in [1.807, 2.05) is 37.3 Å². The third-order valence-electron chi connectivity index (χ3n) is 2.80. The van der Waals surface area contributed by atoms with Crippen molar-refractivity contribution in [3.63, 3.8) is 0 Å². The number of anilines is 1. The van der Waals surface area contributed by atoms with E-state index in [2.05, 4.69) is 4.90 Å². The van der Waals surface area contributed by atoms with Crippen molar-refractivity contribution < 1.29 is 9.90 Å². The number of rotatable bonds is 4. The molecular weight excluding hydrogens is 234 g/mol. The highest BCUT2D eigenvalue weighted by Gasteiger charge is 2.25. The average Bonchev–Trinajstić information content (AvgIpc) is 2.81. The highest BCUT2D eigenvalue weighted by atomic mass is 32.2. The summed E-state index contributed by atoms with van der Waals surface area (Å²) in [6.07, 6.45) is 0. The zero-order valence-electron chi connectivity index (χ0n) is 9.72. The van der Waals surface area contributed by atoms with Crippen molar-refractivity contribution in [3.05, 3.63) is 41.6 Å². The molecule has 0 fully saturated rings. The van der Waals surface area contributed by atoms with Crippen LogP contribution in [0.25, 0.3) is 0 Å². The molecule has 1 heterocycles. The van der Waals surface area contributed by atoms with E-state index >= 15 is 0 Å². The second-order valence-electron chi connectivity index (χ2n) is 3.80. The van der Waals surface area contributed by atoms with E-state index in [4.69, 9.17) is 0 Å². The van der Waals surface area contributed by atoms with Gasteiger partial charge in [0.25, 0.3) is 0 Å². The fourth-order valence-corrected chi connectivity index (χ4v) is 3.10. The van der Waals surface area contributed by atoms with E-state index in [0.717, 1.165) is 23.7 Å². The summed E-state index contributed by atoms with van der Waals surface area (Å²) in [6, 6.07) is 9.94. The molecule has 2 rings (SSSR count). The molecular formula is C13H15NO2S. The number of benzene rings is 1. The Kier molecular flexibility index (Phi) is 3.74. The number of para-hydroxylation sites is 1. The quantitative estimate of drug-likeness (QED) is 0.890. The lowest BCUT2D eigenvalue weighted by Gasteiger charge is -2.24. The molecule has 1 aliphatic rings. The summed E-state index contributed by atoms with van der Waals surface area (Å²) < 4.78 is 0. The number of carboxylic acids is 1. The predicted octanol–water partition coefficient (Wildman–Crippen LogP) is 2.60. The van der Waals surface area contributed by atoms with Crippen molar-refractivity contribution in [3.8, 4) is 0 Å². The smallest absolute Gasteiger partial charge is 0.334 e. The van der Waals surface area contributed by atoms with Crippen LogP contribution in [0.2, 0.25) is 0 Å². The lowest BCUT2D eigenvalue weighted by Crippen LogP contribution is -2.24. The number of carboxylic acid groups (broad SMARTS) is 1. The summed E-state index contributed by atoms with van der Waals surface area (Å²) in [5.74, 6) is 0.595. The Morgan fingerprint density at radius 3 is 2.65 bits per heavy atom. The summed E-state index contributed by atoms with van der Waals surface area (Å²) in [5, 5.41) is 9.18. The van der Waals surface area contributed by atoms with Gasteiger partial charge in [0.2, 0.25) is 0 Å². The second-order valence-corrected chi connectivity index (χ2v) is 4.79. The van der Waals surface area contributed by atoms with Gasteiger partial charge in [0.05, 0.1) is 5.57 Å². The van der Waals surface area contributed by atoms with Gasteiger partial charge in [-0.15, -0.1) is 0 Å². The fraction of sp³-hybridized carbons (Fsp3) is 0.308. The van der Waals surface area contributed by atoms with Crippen LogP contribution in [-0.2, 0) is 4.79 Å². The Balaban J connectivity index is 2.37. The molecule has 0 saturated heterocycles. The van der Waals surface area contributed by atoms with Crippen molar-refractivity contribution in [1.29, 1.82) is 0 Å². The average molecular weight is 249 g/mol. The lowest BCUT2D eigenvalue weighted by molar-refractivity contribution is -0.132. The third-order valence-corrected chi connectivity index (χ3v) is 3.77. The summed E-state index contributed by atoms with van der Waals surface area (Å²) >= 11 is 1.66.